The van der Waals surface area contributed by atoms with Crippen LogP contribution in [0.4, 0.5) is 0 Å². The van der Waals surface area contributed by atoms with Crippen molar-refractivity contribution in [3.63, 3.8) is 0 Å². The minimum absolute atomic E-state index is 0.568. The van der Waals surface area contributed by atoms with Gasteiger partial charge in [-0.3, -0.25) is 0 Å². The monoisotopic (exact) mass is 212 g/mol. The van der Waals surface area contributed by atoms with Crippen molar-refractivity contribution in [3.05, 3.63) is 0 Å². The molecule has 15 heavy (non-hydrogen) atoms. The molecule has 0 amide bonds. The molecule has 0 aromatic rings. The number of ether oxygens (including phenoxy) is 1. The van der Waals surface area contributed by atoms with E-state index in [-0.39, 0.29) is 0 Å². The lowest BCUT2D eigenvalue weighted by molar-refractivity contribution is 0.00845. The van der Waals surface area contributed by atoms with Crippen molar-refractivity contribution in [2.24, 2.45) is 17.8 Å². The summed E-state index contributed by atoms with van der Waals surface area (Å²) >= 11 is 0. The first-order chi connectivity index (χ1) is 7.09. The zero-order valence-corrected chi connectivity index (χ0v) is 11.0. The van der Waals surface area contributed by atoms with Crippen LogP contribution in [0.2, 0.25) is 0 Å². The Morgan fingerprint density at radius 1 is 1.00 bits per heavy atom. The average Bonchev–Trinajstić information content (AvgIpc) is 2.18. The Morgan fingerprint density at radius 2 is 1.60 bits per heavy atom. The van der Waals surface area contributed by atoms with Gasteiger partial charge in [0.25, 0.3) is 0 Å². The Bertz CT molecular complexity index is 152. The molecule has 0 heterocycles. The Morgan fingerprint density at radius 3 is 2.07 bits per heavy atom. The fraction of sp³-hybridized carbons (Fsp3) is 1.00. The molecule has 1 nitrogen and oxygen atoms in total. The SMILES string of the molecule is CC(C)CCOC1CCC(C(C)C)CC1. The molecular formula is C14H28O. The lowest BCUT2D eigenvalue weighted by Gasteiger charge is -2.30. The highest BCUT2D eigenvalue weighted by Crippen LogP contribution is 2.31. The van der Waals surface area contributed by atoms with Crippen LogP contribution >= 0.6 is 0 Å². The van der Waals surface area contributed by atoms with Crippen molar-refractivity contribution in [2.45, 2.75) is 65.9 Å². The summed E-state index contributed by atoms with van der Waals surface area (Å²) < 4.78 is 5.92. The molecule has 0 unspecified atom stereocenters. The lowest BCUT2D eigenvalue weighted by atomic mass is 9.80. The van der Waals surface area contributed by atoms with E-state index in [4.69, 9.17) is 4.74 Å². The summed E-state index contributed by atoms with van der Waals surface area (Å²) in [5.41, 5.74) is 0. The third-order valence-corrected chi connectivity index (χ3v) is 3.71. The minimum atomic E-state index is 0.568. The van der Waals surface area contributed by atoms with E-state index < -0.39 is 0 Å². The summed E-state index contributed by atoms with van der Waals surface area (Å²) in [6.07, 6.45) is 7.12. The average molecular weight is 212 g/mol. The van der Waals surface area contributed by atoms with Crippen molar-refractivity contribution in [1.82, 2.24) is 0 Å². The Hall–Kier alpha value is -0.0400. The molecule has 1 aliphatic rings. The second-order valence-corrected chi connectivity index (χ2v) is 5.83. The molecule has 0 aliphatic heterocycles. The molecule has 1 fully saturated rings. The normalized spacial score (nSPS) is 27.6. The quantitative estimate of drug-likeness (QED) is 0.661. The molecule has 0 N–H and O–H groups in total. The molecule has 0 spiro atoms. The second kappa shape index (κ2) is 6.52. The van der Waals surface area contributed by atoms with Gasteiger partial charge in [0.2, 0.25) is 0 Å². The zero-order valence-electron chi connectivity index (χ0n) is 11.0. The first kappa shape index (κ1) is 13.0. The van der Waals surface area contributed by atoms with Gasteiger partial charge >= 0.3 is 0 Å². The van der Waals surface area contributed by atoms with Crippen molar-refractivity contribution in [1.29, 1.82) is 0 Å². The van der Waals surface area contributed by atoms with E-state index in [1.807, 2.05) is 0 Å². The third kappa shape index (κ3) is 5.01. The smallest absolute Gasteiger partial charge is 0.0575 e. The molecule has 1 heteroatoms. The van der Waals surface area contributed by atoms with Gasteiger partial charge in [-0.1, -0.05) is 27.7 Å². The maximum Gasteiger partial charge on any atom is 0.0575 e. The molecule has 0 radical (unpaired) electrons. The molecule has 90 valence electrons. The van der Waals surface area contributed by atoms with E-state index in [9.17, 15) is 0 Å². The minimum Gasteiger partial charge on any atom is -0.378 e. The number of hydrogen-bond acceptors (Lipinski definition) is 1. The summed E-state index contributed by atoms with van der Waals surface area (Å²) in [7, 11) is 0. The van der Waals surface area contributed by atoms with E-state index in [0.717, 1.165) is 24.4 Å². The highest BCUT2D eigenvalue weighted by molar-refractivity contribution is 4.74. The van der Waals surface area contributed by atoms with Gasteiger partial charge in [-0.2, -0.15) is 0 Å². The van der Waals surface area contributed by atoms with Crippen LogP contribution in [0.5, 0.6) is 0 Å². The second-order valence-electron chi connectivity index (χ2n) is 5.83. The number of hydrogen-bond donors (Lipinski definition) is 0. The predicted octanol–water partition coefficient (Wildman–Crippen LogP) is 4.26. The van der Waals surface area contributed by atoms with Gasteiger partial charge in [-0.15, -0.1) is 0 Å². The van der Waals surface area contributed by atoms with Crippen molar-refractivity contribution in [3.8, 4) is 0 Å². The highest BCUT2D eigenvalue weighted by Gasteiger charge is 2.23. The van der Waals surface area contributed by atoms with E-state index in [1.54, 1.807) is 0 Å². The van der Waals surface area contributed by atoms with Crippen LogP contribution in [-0.4, -0.2) is 12.7 Å². The van der Waals surface area contributed by atoms with Crippen LogP contribution in [0, 0.1) is 17.8 Å². The van der Waals surface area contributed by atoms with Crippen LogP contribution < -0.4 is 0 Å². The first-order valence-corrected chi connectivity index (χ1v) is 6.71. The van der Waals surface area contributed by atoms with Gasteiger partial charge in [0.05, 0.1) is 6.10 Å². The van der Waals surface area contributed by atoms with Gasteiger partial charge < -0.3 is 4.74 Å². The molecule has 0 aromatic carbocycles. The van der Waals surface area contributed by atoms with Crippen LogP contribution in [0.3, 0.4) is 0 Å². The molecule has 0 atom stereocenters. The van der Waals surface area contributed by atoms with Gasteiger partial charge in [0.15, 0.2) is 0 Å². The summed E-state index contributed by atoms with van der Waals surface area (Å²) in [6, 6.07) is 0. The van der Waals surface area contributed by atoms with Gasteiger partial charge in [0, 0.05) is 6.61 Å². The van der Waals surface area contributed by atoms with Gasteiger partial charge in [-0.05, 0) is 49.9 Å². The summed E-state index contributed by atoms with van der Waals surface area (Å²) in [4.78, 5) is 0. The van der Waals surface area contributed by atoms with Crippen LogP contribution in [0.15, 0.2) is 0 Å². The largest absolute Gasteiger partial charge is 0.378 e. The van der Waals surface area contributed by atoms with Gasteiger partial charge in [-0.25, -0.2) is 0 Å². The van der Waals surface area contributed by atoms with E-state index in [2.05, 4.69) is 27.7 Å². The third-order valence-electron chi connectivity index (χ3n) is 3.71. The van der Waals surface area contributed by atoms with E-state index in [1.165, 1.54) is 32.1 Å². The molecule has 0 bridgehead atoms. The predicted molar refractivity (Wildman–Crippen MR) is 66.0 cm³/mol. The zero-order chi connectivity index (χ0) is 11.3. The topological polar surface area (TPSA) is 9.23 Å². The van der Waals surface area contributed by atoms with Crippen molar-refractivity contribution < 1.29 is 4.74 Å². The van der Waals surface area contributed by atoms with Crippen molar-refractivity contribution >= 4 is 0 Å². The first-order valence-electron chi connectivity index (χ1n) is 6.71. The highest BCUT2D eigenvalue weighted by atomic mass is 16.5. The van der Waals surface area contributed by atoms with Crippen LogP contribution in [0.25, 0.3) is 0 Å². The Labute approximate surface area is 95.6 Å². The van der Waals surface area contributed by atoms with E-state index >= 15 is 0 Å². The molecular weight excluding hydrogens is 184 g/mol. The summed E-state index contributed by atoms with van der Waals surface area (Å²) in [5.74, 6) is 2.59. The molecule has 0 aromatic heterocycles. The molecule has 0 saturated heterocycles. The Kier molecular flexibility index (Phi) is 5.66. The maximum absolute atomic E-state index is 5.92. The summed E-state index contributed by atoms with van der Waals surface area (Å²) in [5, 5.41) is 0. The lowest BCUT2D eigenvalue weighted by Crippen LogP contribution is -2.24. The molecule has 1 rings (SSSR count). The van der Waals surface area contributed by atoms with E-state index in [0.29, 0.717) is 6.10 Å². The molecule has 1 aliphatic carbocycles. The van der Waals surface area contributed by atoms with Gasteiger partial charge in [0.1, 0.15) is 0 Å². The van der Waals surface area contributed by atoms with Crippen LogP contribution in [0.1, 0.15) is 59.8 Å². The van der Waals surface area contributed by atoms with Crippen LogP contribution in [-0.2, 0) is 4.74 Å². The Balaban J connectivity index is 2.09. The van der Waals surface area contributed by atoms with Crippen molar-refractivity contribution in [2.75, 3.05) is 6.61 Å². The molecule has 1 saturated carbocycles. The maximum atomic E-state index is 5.92. The summed E-state index contributed by atoms with van der Waals surface area (Å²) in [6.45, 7) is 10.2. The fourth-order valence-corrected chi connectivity index (χ4v) is 2.39. The number of rotatable bonds is 5. The standard InChI is InChI=1S/C14H28O/c1-11(2)9-10-15-14-7-5-13(6-8-14)12(3)4/h11-14H,5-10H2,1-4H3. The fourth-order valence-electron chi connectivity index (χ4n) is 2.39.